The van der Waals surface area contributed by atoms with Gasteiger partial charge in [0.1, 0.15) is 11.5 Å². The van der Waals surface area contributed by atoms with Gasteiger partial charge in [-0.05, 0) is 48.7 Å². The van der Waals surface area contributed by atoms with Crippen molar-refractivity contribution in [3.05, 3.63) is 71.9 Å². The Morgan fingerprint density at radius 3 is 2.56 bits per heavy atom. The molecule has 0 fully saturated rings. The van der Waals surface area contributed by atoms with Crippen LogP contribution < -0.4 is 5.32 Å². The number of imidazole rings is 1. The number of pyridine rings is 1. The Morgan fingerprint density at radius 1 is 1.06 bits per heavy atom. The van der Waals surface area contributed by atoms with Crippen molar-refractivity contribution in [2.24, 2.45) is 0 Å². The highest BCUT2D eigenvalue weighted by atomic mass is 16.5. The van der Waals surface area contributed by atoms with E-state index in [9.17, 15) is 9.59 Å². The van der Waals surface area contributed by atoms with E-state index in [0.717, 1.165) is 54.7 Å². The molecule has 1 amide bonds. The Kier molecular flexibility index (Phi) is 8.15. The molecule has 0 bridgehead atoms. The zero-order valence-electron chi connectivity index (χ0n) is 21.2. The number of carbonyl (C=O) groups excluding carboxylic acids is 2. The minimum absolute atomic E-state index is 0.00203. The number of nitrogens with zero attached hydrogens (tertiary/aromatic N) is 4. The lowest BCUT2D eigenvalue weighted by atomic mass is 10.2. The average Bonchev–Trinajstić information content (AvgIpc) is 3.51. The highest BCUT2D eigenvalue weighted by Crippen LogP contribution is 2.23. The first-order valence-electron chi connectivity index (χ1n) is 12.5. The van der Waals surface area contributed by atoms with E-state index in [-0.39, 0.29) is 11.9 Å². The second kappa shape index (κ2) is 11.7. The van der Waals surface area contributed by atoms with Gasteiger partial charge in [-0.2, -0.15) is 0 Å². The highest BCUT2D eigenvalue weighted by molar-refractivity contribution is 5.92. The molecule has 8 nitrogen and oxygen atoms in total. The fraction of sp³-hybridized carbons (Fsp3) is 0.357. The second-order valence-electron chi connectivity index (χ2n) is 8.86. The van der Waals surface area contributed by atoms with Crippen molar-refractivity contribution in [2.75, 3.05) is 12.4 Å². The molecule has 1 N–H and O–H groups in total. The van der Waals surface area contributed by atoms with E-state index >= 15 is 0 Å². The third-order valence-electron chi connectivity index (χ3n) is 6.18. The zero-order valence-corrected chi connectivity index (χ0v) is 21.2. The maximum Gasteiger partial charge on any atom is 0.355 e. The molecule has 0 atom stereocenters. The number of anilines is 1. The smallest absolute Gasteiger partial charge is 0.355 e. The van der Waals surface area contributed by atoms with Gasteiger partial charge in [0.25, 0.3) is 0 Å². The van der Waals surface area contributed by atoms with Crippen LogP contribution in [0.3, 0.4) is 0 Å². The number of ether oxygens (including phenoxy) is 1. The van der Waals surface area contributed by atoms with Crippen molar-refractivity contribution in [3.8, 4) is 5.69 Å². The normalized spacial score (nSPS) is 11.1. The Morgan fingerprint density at radius 2 is 1.83 bits per heavy atom. The molecule has 0 spiro atoms. The van der Waals surface area contributed by atoms with Crippen molar-refractivity contribution in [1.82, 2.24) is 19.1 Å². The molecule has 4 rings (SSSR count). The highest BCUT2D eigenvalue weighted by Gasteiger charge is 2.15. The quantitative estimate of drug-likeness (QED) is 0.281. The summed E-state index contributed by atoms with van der Waals surface area (Å²) in [5.74, 6) is 0.609. The van der Waals surface area contributed by atoms with Gasteiger partial charge in [0.05, 0.1) is 24.5 Å². The number of methoxy groups -OCH3 is 1. The fourth-order valence-electron chi connectivity index (χ4n) is 4.21. The Bertz CT molecular complexity index is 1340. The Labute approximate surface area is 211 Å². The van der Waals surface area contributed by atoms with Crippen LogP contribution in [-0.4, -0.2) is 38.1 Å². The molecule has 0 unspecified atom stereocenters. The lowest BCUT2D eigenvalue weighted by Gasteiger charge is -2.12. The summed E-state index contributed by atoms with van der Waals surface area (Å²) in [7, 11) is 1.38. The number of nitrogens with one attached hydrogen (secondary N) is 1. The number of hydrogen-bond donors (Lipinski definition) is 1. The van der Waals surface area contributed by atoms with E-state index in [1.807, 2.05) is 35.0 Å². The van der Waals surface area contributed by atoms with Crippen LogP contribution in [0, 0.1) is 0 Å². The Balaban J connectivity index is 1.62. The third kappa shape index (κ3) is 5.64. The predicted octanol–water partition coefficient (Wildman–Crippen LogP) is 5.53. The van der Waals surface area contributed by atoms with Crippen LogP contribution >= 0.6 is 0 Å². The minimum Gasteiger partial charge on any atom is -0.464 e. The van der Waals surface area contributed by atoms with Gasteiger partial charge in [-0.15, -0.1) is 0 Å². The van der Waals surface area contributed by atoms with Crippen molar-refractivity contribution in [1.29, 1.82) is 0 Å². The molecule has 0 aliphatic heterocycles. The molecule has 3 heterocycles. The van der Waals surface area contributed by atoms with Gasteiger partial charge in [-0.3, -0.25) is 4.79 Å². The number of carbonyl (C=O) groups is 2. The van der Waals surface area contributed by atoms with Crippen molar-refractivity contribution < 1.29 is 14.3 Å². The van der Waals surface area contributed by atoms with Gasteiger partial charge in [0.15, 0.2) is 5.65 Å². The zero-order chi connectivity index (χ0) is 25.5. The molecule has 4 aromatic rings. The maximum absolute atomic E-state index is 12.3. The molecule has 8 heteroatoms. The molecule has 0 saturated heterocycles. The van der Waals surface area contributed by atoms with Crippen LogP contribution in [0.1, 0.15) is 67.8 Å². The van der Waals surface area contributed by atoms with Gasteiger partial charge in [-0.1, -0.05) is 38.8 Å². The molecule has 0 radical (unpaired) electrons. The van der Waals surface area contributed by atoms with Gasteiger partial charge >= 0.3 is 5.97 Å². The van der Waals surface area contributed by atoms with E-state index in [1.54, 1.807) is 12.3 Å². The molecule has 188 valence electrons. The number of aromatic nitrogens is 4. The first-order valence-corrected chi connectivity index (χ1v) is 12.5. The largest absolute Gasteiger partial charge is 0.464 e. The van der Waals surface area contributed by atoms with E-state index in [0.29, 0.717) is 30.0 Å². The van der Waals surface area contributed by atoms with Crippen molar-refractivity contribution in [3.63, 3.8) is 0 Å². The average molecular weight is 488 g/mol. The summed E-state index contributed by atoms with van der Waals surface area (Å²) >= 11 is 0. The molecule has 1 aromatic carbocycles. The summed E-state index contributed by atoms with van der Waals surface area (Å²) in [4.78, 5) is 33.6. The summed E-state index contributed by atoms with van der Waals surface area (Å²) in [6.45, 7) is 4.86. The van der Waals surface area contributed by atoms with Crippen LogP contribution in [0.2, 0.25) is 0 Å². The van der Waals surface area contributed by atoms with Crippen LogP contribution in [0.5, 0.6) is 0 Å². The summed E-state index contributed by atoms with van der Waals surface area (Å²) < 4.78 is 8.88. The number of hydrogen-bond acceptors (Lipinski definition) is 5. The number of esters is 1. The van der Waals surface area contributed by atoms with Gasteiger partial charge < -0.3 is 19.2 Å². The number of unbranched alkanes of at least 4 members (excludes halogenated alkanes) is 2. The topological polar surface area (TPSA) is 91.0 Å². The predicted molar refractivity (Wildman–Crippen MR) is 141 cm³/mol. The Hall–Kier alpha value is -3.94. The number of fused-ring (bicyclic) bond motifs is 1. The van der Waals surface area contributed by atoms with Crippen molar-refractivity contribution >= 4 is 28.7 Å². The molecule has 0 saturated carbocycles. The number of aryl methyl sites for hydroxylation is 1. The lowest BCUT2D eigenvalue weighted by molar-refractivity contribution is -0.116. The standard InChI is InChI=1S/C28H33N5O3/c1-4-6-10-25-31-27-24(17-21(18-29-27)30-26(34)11-7-5-2)33(25)19-20-12-14-22(15-13-20)32-16-8-9-23(32)28(35)36-3/h8-9,12-18H,4-7,10-11,19H2,1-3H3,(H,30,34). The van der Waals surface area contributed by atoms with Crippen molar-refractivity contribution in [2.45, 2.75) is 58.9 Å². The van der Waals surface area contributed by atoms with Crippen LogP contribution in [0.25, 0.3) is 16.9 Å². The number of amides is 1. The fourth-order valence-corrected chi connectivity index (χ4v) is 4.21. The van der Waals surface area contributed by atoms with E-state index in [1.165, 1.54) is 7.11 Å². The molecular formula is C28H33N5O3. The van der Waals surface area contributed by atoms with Crippen LogP contribution in [0.4, 0.5) is 5.69 Å². The summed E-state index contributed by atoms with van der Waals surface area (Å²) in [6.07, 6.45) is 8.83. The first-order chi connectivity index (χ1) is 17.5. The summed E-state index contributed by atoms with van der Waals surface area (Å²) in [5, 5.41) is 2.97. The van der Waals surface area contributed by atoms with Gasteiger partial charge in [0, 0.05) is 31.3 Å². The van der Waals surface area contributed by atoms with Crippen LogP contribution in [0.15, 0.2) is 54.9 Å². The SMILES string of the molecule is CCCCC(=O)Nc1cnc2nc(CCCC)n(Cc3ccc(-n4cccc4C(=O)OC)cc3)c2c1. The lowest BCUT2D eigenvalue weighted by Crippen LogP contribution is -2.11. The van der Waals surface area contributed by atoms with E-state index in [4.69, 9.17) is 9.72 Å². The molecule has 0 aliphatic rings. The maximum atomic E-state index is 12.3. The molecule has 36 heavy (non-hydrogen) atoms. The van der Waals surface area contributed by atoms with E-state index < -0.39 is 0 Å². The molecule has 0 aliphatic carbocycles. The first kappa shape index (κ1) is 25.2. The third-order valence-corrected chi connectivity index (χ3v) is 6.18. The van der Waals surface area contributed by atoms with Crippen LogP contribution in [-0.2, 0) is 22.5 Å². The number of rotatable bonds is 11. The molecule has 3 aromatic heterocycles. The molecular weight excluding hydrogens is 454 g/mol. The monoisotopic (exact) mass is 487 g/mol. The minimum atomic E-state index is -0.375. The van der Waals surface area contributed by atoms with Gasteiger partial charge in [-0.25, -0.2) is 14.8 Å². The van der Waals surface area contributed by atoms with Gasteiger partial charge in [0.2, 0.25) is 5.91 Å². The van der Waals surface area contributed by atoms with E-state index in [2.05, 4.69) is 40.8 Å². The second-order valence-corrected chi connectivity index (χ2v) is 8.86. The summed E-state index contributed by atoms with van der Waals surface area (Å²) in [5.41, 5.74) is 4.72. The number of benzene rings is 1. The summed E-state index contributed by atoms with van der Waals surface area (Å²) in [6, 6.07) is 13.6.